The van der Waals surface area contributed by atoms with Crippen molar-refractivity contribution in [3.05, 3.63) is 83.7 Å². The third-order valence-corrected chi connectivity index (χ3v) is 6.34. The lowest BCUT2D eigenvalue weighted by Gasteiger charge is -2.28. The van der Waals surface area contributed by atoms with Gasteiger partial charge in [-0.2, -0.15) is 0 Å². The molecule has 2 atom stereocenters. The number of rotatable bonds is 6. The van der Waals surface area contributed by atoms with Crippen molar-refractivity contribution < 1.29 is 9.90 Å². The van der Waals surface area contributed by atoms with Crippen LogP contribution >= 0.6 is 0 Å². The zero-order valence-electron chi connectivity index (χ0n) is 18.8. The average Bonchev–Trinajstić information content (AvgIpc) is 2.82. The second-order valence-electron chi connectivity index (χ2n) is 8.73. The molecule has 1 saturated carbocycles. The number of hydrogen-bond donors (Lipinski definition) is 2. The van der Waals surface area contributed by atoms with Crippen LogP contribution in [0.25, 0.3) is 11.1 Å². The summed E-state index contributed by atoms with van der Waals surface area (Å²) in [7, 11) is 2.04. The van der Waals surface area contributed by atoms with Crippen molar-refractivity contribution in [1.82, 2.24) is 10.3 Å². The molecule has 1 aromatic heterocycles. The molecule has 2 N–H and O–H groups in total. The lowest BCUT2D eigenvalue weighted by molar-refractivity contribution is 0.0717. The molecular formula is C27H31N3O2. The van der Waals surface area contributed by atoms with Crippen LogP contribution < -0.4 is 10.2 Å². The van der Waals surface area contributed by atoms with E-state index in [-0.39, 0.29) is 11.9 Å². The van der Waals surface area contributed by atoms with E-state index < -0.39 is 6.10 Å². The molecule has 1 amide bonds. The Morgan fingerprint density at radius 2 is 1.84 bits per heavy atom. The molecule has 1 aliphatic rings. The molecule has 1 fully saturated rings. The fourth-order valence-corrected chi connectivity index (χ4v) is 4.29. The molecule has 0 bridgehead atoms. The maximum absolute atomic E-state index is 12.8. The summed E-state index contributed by atoms with van der Waals surface area (Å²) < 4.78 is 0. The molecule has 5 nitrogen and oxygen atoms in total. The van der Waals surface area contributed by atoms with Gasteiger partial charge in [0.2, 0.25) is 0 Å². The number of aromatic nitrogens is 1. The van der Waals surface area contributed by atoms with Gasteiger partial charge in [-0.25, -0.2) is 0 Å². The number of amides is 1. The normalized spacial score (nSPS) is 18.2. The number of aliphatic hydroxyl groups is 1. The van der Waals surface area contributed by atoms with E-state index in [0.717, 1.165) is 53.6 Å². The van der Waals surface area contributed by atoms with Crippen molar-refractivity contribution in [2.45, 2.75) is 51.3 Å². The minimum atomic E-state index is -0.451. The Kier molecular flexibility index (Phi) is 6.86. The van der Waals surface area contributed by atoms with Crippen molar-refractivity contribution in [1.29, 1.82) is 0 Å². The Labute approximate surface area is 190 Å². The van der Waals surface area contributed by atoms with Gasteiger partial charge in [-0.3, -0.25) is 9.78 Å². The van der Waals surface area contributed by atoms with E-state index in [2.05, 4.69) is 40.3 Å². The van der Waals surface area contributed by atoms with Gasteiger partial charge in [0.1, 0.15) is 0 Å². The number of aliphatic hydroxyl groups excluding tert-OH is 1. The first kappa shape index (κ1) is 22.0. The molecule has 5 heteroatoms. The summed E-state index contributed by atoms with van der Waals surface area (Å²) in [6.45, 7) is 2.73. The summed E-state index contributed by atoms with van der Waals surface area (Å²) in [6, 6.07) is 18.0. The number of carbonyl (C=O) groups is 1. The fraction of sp³-hybridized carbons (Fsp3) is 0.333. The molecule has 0 aliphatic heterocycles. The van der Waals surface area contributed by atoms with Gasteiger partial charge in [0.15, 0.2) is 0 Å². The van der Waals surface area contributed by atoms with E-state index in [9.17, 15) is 9.90 Å². The Hall–Kier alpha value is -3.18. The molecule has 0 saturated heterocycles. The second-order valence-corrected chi connectivity index (χ2v) is 8.73. The largest absolute Gasteiger partial charge is 0.391 e. The van der Waals surface area contributed by atoms with Crippen molar-refractivity contribution in [3.63, 3.8) is 0 Å². The van der Waals surface area contributed by atoms with Crippen LogP contribution in [0.15, 0.2) is 67.0 Å². The highest BCUT2D eigenvalue weighted by Crippen LogP contribution is 2.25. The molecule has 0 unspecified atom stereocenters. The summed E-state index contributed by atoms with van der Waals surface area (Å²) in [4.78, 5) is 19.4. The first-order chi connectivity index (χ1) is 15.5. The van der Waals surface area contributed by atoms with Gasteiger partial charge < -0.3 is 15.3 Å². The highest BCUT2D eigenvalue weighted by atomic mass is 16.3. The SMILES string of the molecule is Cc1ccc(C(=O)N[C@H]2CCCC[C@@H]2O)cc1CN(C)c1cncc(-c2ccccc2)c1. The minimum absolute atomic E-state index is 0.118. The van der Waals surface area contributed by atoms with Crippen molar-refractivity contribution in [2.75, 3.05) is 11.9 Å². The Balaban J connectivity index is 1.49. The van der Waals surface area contributed by atoms with Crippen LogP contribution in [0.1, 0.15) is 47.2 Å². The smallest absolute Gasteiger partial charge is 0.251 e. The quantitative estimate of drug-likeness (QED) is 0.595. The zero-order chi connectivity index (χ0) is 22.5. The van der Waals surface area contributed by atoms with Gasteiger partial charge in [0, 0.05) is 30.9 Å². The first-order valence-electron chi connectivity index (χ1n) is 11.3. The third-order valence-electron chi connectivity index (χ3n) is 6.34. The maximum atomic E-state index is 12.8. The van der Waals surface area contributed by atoms with E-state index in [1.165, 1.54) is 0 Å². The molecule has 166 valence electrons. The van der Waals surface area contributed by atoms with Crippen LogP contribution in [0.2, 0.25) is 0 Å². The Bertz CT molecular complexity index is 1070. The van der Waals surface area contributed by atoms with E-state index in [1.54, 1.807) is 0 Å². The number of nitrogens with zero attached hydrogens (tertiary/aromatic N) is 2. The Morgan fingerprint density at radius 3 is 2.62 bits per heavy atom. The highest BCUT2D eigenvalue weighted by Gasteiger charge is 2.25. The molecule has 2 aromatic carbocycles. The van der Waals surface area contributed by atoms with Gasteiger partial charge in [0.05, 0.1) is 24.0 Å². The van der Waals surface area contributed by atoms with Gasteiger partial charge in [-0.05, 0) is 54.7 Å². The summed E-state index contributed by atoms with van der Waals surface area (Å²) >= 11 is 0. The molecule has 1 heterocycles. The summed E-state index contributed by atoms with van der Waals surface area (Å²) in [5.41, 5.74) is 6.09. The molecule has 0 spiro atoms. The minimum Gasteiger partial charge on any atom is -0.391 e. The molecule has 0 radical (unpaired) electrons. The number of carbonyl (C=O) groups excluding carboxylic acids is 1. The van der Waals surface area contributed by atoms with E-state index in [1.807, 2.05) is 55.8 Å². The number of hydrogen-bond acceptors (Lipinski definition) is 4. The predicted molar refractivity (Wildman–Crippen MR) is 129 cm³/mol. The maximum Gasteiger partial charge on any atom is 0.251 e. The third kappa shape index (κ3) is 5.17. The molecule has 3 aromatic rings. The van der Waals surface area contributed by atoms with Gasteiger partial charge >= 0.3 is 0 Å². The van der Waals surface area contributed by atoms with Crippen molar-refractivity contribution in [2.24, 2.45) is 0 Å². The fourth-order valence-electron chi connectivity index (χ4n) is 4.29. The van der Waals surface area contributed by atoms with Gasteiger partial charge in [-0.1, -0.05) is 49.2 Å². The second kappa shape index (κ2) is 9.96. The molecule has 1 aliphatic carbocycles. The van der Waals surface area contributed by atoms with Gasteiger partial charge in [-0.15, -0.1) is 0 Å². The lowest BCUT2D eigenvalue weighted by atomic mass is 9.92. The molecule has 4 rings (SSSR count). The van der Waals surface area contributed by atoms with Crippen LogP contribution in [0.5, 0.6) is 0 Å². The summed E-state index contributed by atoms with van der Waals surface area (Å²) in [6.07, 6.45) is 6.94. The average molecular weight is 430 g/mol. The van der Waals surface area contributed by atoms with Gasteiger partial charge in [0.25, 0.3) is 5.91 Å². The molecular weight excluding hydrogens is 398 g/mol. The van der Waals surface area contributed by atoms with Crippen molar-refractivity contribution >= 4 is 11.6 Å². The lowest BCUT2D eigenvalue weighted by Crippen LogP contribution is -2.45. The number of nitrogens with one attached hydrogen (secondary N) is 1. The standard InChI is InChI=1S/C27H31N3O2/c1-19-12-13-21(27(32)29-25-10-6-7-11-26(25)31)14-23(19)18-30(2)24-15-22(16-28-17-24)20-8-4-3-5-9-20/h3-5,8-9,12-17,25-26,31H,6-7,10-11,18H2,1-2H3,(H,29,32)/t25-,26-/m0/s1. The number of anilines is 1. The summed E-state index contributed by atoms with van der Waals surface area (Å²) in [5, 5.41) is 13.2. The number of benzene rings is 2. The van der Waals surface area contributed by atoms with E-state index in [4.69, 9.17) is 0 Å². The monoisotopic (exact) mass is 429 g/mol. The topological polar surface area (TPSA) is 65.5 Å². The molecule has 32 heavy (non-hydrogen) atoms. The van der Waals surface area contributed by atoms with Crippen LogP contribution in [-0.4, -0.2) is 35.2 Å². The van der Waals surface area contributed by atoms with E-state index in [0.29, 0.717) is 12.1 Å². The van der Waals surface area contributed by atoms with Crippen LogP contribution in [0, 0.1) is 6.92 Å². The Morgan fingerprint density at radius 1 is 1.06 bits per heavy atom. The first-order valence-corrected chi connectivity index (χ1v) is 11.3. The van der Waals surface area contributed by atoms with Crippen LogP contribution in [-0.2, 0) is 6.54 Å². The van der Waals surface area contributed by atoms with E-state index >= 15 is 0 Å². The highest BCUT2D eigenvalue weighted by molar-refractivity contribution is 5.94. The number of aryl methyl sites for hydroxylation is 1. The summed E-state index contributed by atoms with van der Waals surface area (Å²) in [5.74, 6) is -0.118. The predicted octanol–water partition coefficient (Wildman–Crippen LogP) is 4.73. The number of pyridine rings is 1. The zero-order valence-corrected chi connectivity index (χ0v) is 18.8. The van der Waals surface area contributed by atoms with Crippen LogP contribution in [0.4, 0.5) is 5.69 Å². The van der Waals surface area contributed by atoms with Crippen molar-refractivity contribution in [3.8, 4) is 11.1 Å². The van der Waals surface area contributed by atoms with Crippen LogP contribution in [0.3, 0.4) is 0 Å².